The summed E-state index contributed by atoms with van der Waals surface area (Å²) in [5, 5.41) is 7.64. The summed E-state index contributed by atoms with van der Waals surface area (Å²) in [4.78, 5) is 23.8. The number of carbonyl (C=O) groups excluding carboxylic acids is 2. The smallest absolute Gasteiger partial charge is 0.407 e. The van der Waals surface area contributed by atoms with Gasteiger partial charge in [0.2, 0.25) is 0 Å². The maximum atomic E-state index is 12.4. The molecular formula is C17H25F2N3O4. The number of urea groups is 1. The van der Waals surface area contributed by atoms with Gasteiger partial charge in [-0.05, 0) is 46.8 Å². The predicted octanol–water partition coefficient (Wildman–Crippen LogP) is 3.71. The summed E-state index contributed by atoms with van der Waals surface area (Å²) in [5.74, 6) is -0.151. The van der Waals surface area contributed by atoms with Crippen LogP contribution in [0, 0.1) is 0 Å². The monoisotopic (exact) mass is 373 g/mol. The van der Waals surface area contributed by atoms with Crippen molar-refractivity contribution in [1.29, 1.82) is 0 Å². The van der Waals surface area contributed by atoms with E-state index in [0.717, 1.165) is 0 Å². The largest absolute Gasteiger partial charge is 0.444 e. The van der Waals surface area contributed by atoms with E-state index >= 15 is 0 Å². The van der Waals surface area contributed by atoms with Gasteiger partial charge in [-0.25, -0.2) is 9.59 Å². The van der Waals surface area contributed by atoms with Crippen molar-refractivity contribution in [2.75, 3.05) is 11.9 Å². The van der Waals surface area contributed by atoms with Gasteiger partial charge in [-0.2, -0.15) is 8.78 Å². The van der Waals surface area contributed by atoms with Crippen LogP contribution in [-0.2, 0) is 4.74 Å². The van der Waals surface area contributed by atoms with Crippen LogP contribution >= 0.6 is 0 Å². The Hall–Kier alpha value is -2.58. The molecule has 0 radical (unpaired) electrons. The first-order valence-corrected chi connectivity index (χ1v) is 7.98. The number of benzene rings is 1. The number of halogens is 2. The molecule has 0 bridgehead atoms. The molecule has 3 amide bonds. The normalized spacial score (nSPS) is 11.7. The van der Waals surface area contributed by atoms with Crippen molar-refractivity contribution in [2.24, 2.45) is 0 Å². The average Bonchev–Trinajstić information content (AvgIpc) is 2.44. The number of rotatable bonds is 6. The fourth-order valence-corrected chi connectivity index (χ4v) is 1.88. The van der Waals surface area contributed by atoms with Gasteiger partial charge in [0, 0.05) is 6.54 Å². The van der Waals surface area contributed by atoms with Crippen molar-refractivity contribution >= 4 is 17.8 Å². The summed E-state index contributed by atoms with van der Waals surface area (Å²) >= 11 is 0. The van der Waals surface area contributed by atoms with Crippen LogP contribution in [0.3, 0.4) is 0 Å². The molecule has 0 saturated carbocycles. The number of ether oxygens (including phenoxy) is 2. The van der Waals surface area contributed by atoms with E-state index in [2.05, 4.69) is 20.7 Å². The molecule has 0 aliphatic heterocycles. The lowest BCUT2D eigenvalue weighted by atomic mass is 10.1. The second-order valence-electron chi connectivity index (χ2n) is 7.19. The summed E-state index contributed by atoms with van der Waals surface area (Å²) in [7, 11) is 0. The predicted molar refractivity (Wildman–Crippen MR) is 93.5 cm³/mol. The third kappa shape index (κ3) is 8.50. The quantitative estimate of drug-likeness (QED) is 0.709. The zero-order valence-electron chi connectivity index (χ0n) is 15.5. The fourth-order valence-electron chi connectivity index (χ4n) is 1.88. The zero-order valence-corrected chi connectivity index (χ0v) is 15.5. The van der Waals surface area contributed by atoms with Gasteiger partial charge in [0.1, 0.15) is 11.4 Å². The van der Waals surface area contributed by atoms with E-state index in [1.807, 2.05) is 0 Å². The maximum Gasteiger partial charge on any atom is 0.407 e. The summed E-state index contributed by atoms with van der Waals surface area (Å²) in [5.41, 5.74) is -1.35. The van der Waals surface area contributed by atoms with Crippen molar-refractivity contribution in [2.45, 2.75) is 52.4 Å². The SMILES string of the molecule is CC(C)(CNC(=O)OC(C)(C)C)NC(=O)Nc1ccccc1OC(F)F. The fraction of sp³-hybridized carbons (Fsp3) is 0.529. The van der Waals surface area contributed by atoms with Crippen LogP contribution in [0.2, 0.25) is 0 Å². The highest BCUT2D eigenvalue weighted by molar-refractivity contribution is 5.91. The van der Waals surface area contributed by atoms with Crippen LogP contribution < -0.4 is 20.7 Å². The highest BCUT2D eigenvalue weighted by atomic mass is 19.3. The minimum Gasteiger partial charge on any atom is -0.444 e. The molecule has 146 valence electrons. The first kappa shape index (κ1) is 21.5. The van der Waals surface area contributed by atoms with E-state index in [0.29, 0.717) is 0 Å². The summed E-state index contributed by atoms with van der Waals surface area (Å²) < 4.78 is 34.3. The van der Waals surface area contributed by atoms with Gasteiger partial charge >= 0.3 is 18.7 Å². The van der Waals surface area contributed by atoms with Crippen molar-refractivity contribution in [3.63, 3.8) is 0 Å². The molecule has 0 aliphatic rings. The Balaban J connectivity index is 2.60. The van der Waals surface area contributed by atoms with Gasteiger partial charge in [0.05, 0.1) is 11.2 Å². The molecule has 3 N–H and O–H groups in total. The van der Waals surface area contributed by atoms with E-state index in [1.165, 1.54) is 18.2 Å². The van der Waals surface area contributed by atoms with Gasteiger partial charge in [-0.15, -0.1) is 0 Å². The Morgan fingerprint density at radius 2 is 1.73 bits per heavy atom. The molecule has 0 atom stereocenters. The Bertz CT molecular complexity index is 631. The second kappa shape index (κ2) is 8.68. The lowest BCUT2D eigenvalue weighted by molar-refractivity contribution is -0.0493. The Kier molecular flexibility index (Phi) is 7.17. The summed E-state index contributed by atoms with van der Waals surface area (Å²) in [6.45, 7) is 5.68. The lowest BCUT2D eigenvalue weighted by Crippen LogP contribution is -2.53. The number of carbonyl (C=O) groups is 2. The standard InChI is InChI=1S/C17H25F2N3O4/c1-16(2,3)26-15(24)20-10-17(4,5)22-14(23)21-11-8-6-7-9-12(11)25-13(18)19/h6-9,13H,10H2,1-5H3,(H,20,24)(H2,21,22,23). The van der Waals surface area contributed by atoms with E-state index in [9.17, 15) is 18.4 Å². The van der Waals surface area contributed by atoms with E-state index in [4.69, 9.17) is 4.74 Å². The molecule has 1 rings (SSSR count). The molecule has 7 nitrogen and oxygen atoms in total. The number of alkyl carbamates (subject to hydrolysis) is 1. The number of hydrogen-bond donors (Lipinski definition) is 3. The average molecular weight is 373 g/mol. The van der Waals surface area contributed by atoms with Crippen LogP contribution in [0.1, 0.15) is 34.6 Å². The Labute approximate surface area is 151 Å². The van der Waals surface area contributed by atoms with Crippen molar-refractivity contribution in [3.05, 3.63) is 24.3 Å². The summed E-state index contributed by atoms with van der Waals surface area (Å²) in [6, 6.07) is 5.20. The third-order valence-electron chi connectivity index (χ3n) is 2.88. The maximum absolute atomic E-state index is 12.4. The molecule has 0 heterocycles. The van der Waals surface area contributed by atoms with Crippen LogP contribution in [-0.4, -0.2) is 36.4 Å². The van der Waals surface area contributed by atoms with Crippen molar-refractivity contribution in [1.82, 2.24) is 10.6 Å². The van der Waals surface area contributed by atoms with Crippen LogP contribution in [0.5, 0.6) is 5.75 Å². The first-order valence-electron chi connectivity index (χ1n) is 7.98. The molecule has 1 aromatic carbocycles. The lowest BCUT2D eigenvalue weighted by Gasteiger charge is -2.28. The third-order valence-corrected chi connectivity index (χ3v) is 2.88. The summed E-state index contributed by atoms with van der Waals surface area (Å²) in [6.07, 6.45) is -0.608. The molecule has 0 fully saturated rings. The highest BCUT2D eigenvalue weighted by Gasteiger charge is 2.24. The number of para-hydroxylation sites is 2. The topological polar surface area (TPSA) is 88.7 Å². The second-order valence-corrected chi connectivity index (χ2v) is 7.19. The van der Waals surface area contributed by atoms with Crippen LogP contribution in [0.15, 0.2) is 24.3 Å². The first-order chi connectivity index (χ1) is 11.9. The van der Waals surface area contributed by atoms with Crippen LogP contribution in [0.4, 0.5) is 24.1 Å². The molecular weight excluding hydrogens is 348 g/mol. The van der Waals surface area contributed by atoms with Gasteiger partial charge in [0.15, 0.2) is 0 Å². The number of nitrogens with one attached hydrogen (secondary N) is 3. The molecule has 26 heavy (non-hydrogen) atoms. The van der Waals surface area contributed by atoms with Gasteiger partial charge in [-0.3, -0.25) is 0 Å². The van der Waals surface area contributed by atoms with Gasteiger partial charge in [0.25, 0.3) is 0 Å². The molecule has 1 aromatic rings. The number of hydrogen-bond acceptors (Lipinski definition) is 4. The molecule has 9 heteroatoms. The Morgan fingerprint density at radius 3 is 2.31 bits per heavy atom. The van der Waals surface area contributed by atoms with Crippen molar-refractivity contribution < 1.29 is 27.8 Å². The van der Waals surface area contributed by atoms with Gasteiger partial charge < -0.3 is 25.4 Å². The van der Waals surface area contributed by atoms with E-state index < -0.39 is 29.9 Å². The molecule has 0 aromatic heterocycles. The zero-order chi connectivity index (χ0) is 20.0. The molecule has 0 saturated heterocycles. The Morgan fingerprint density at radius 1 is 1.12 bits per heavy atom. The minimum absolute atomic E-state index is 0.0983. The van der Waals surface area contributed by atoms with Crippen LogP contribution in [0.25, 0.3) is 0 Å². The number of anilines is 1. The van der Waals surface area contributed by atoms with E-state index in [-0.39, 0.29) is 18.0 Å². The minimum atomic E-state index is -3.00. The molecule has 0 spiro atoms. The van der Waals surface area contributed by atoms with E-state index in [1.54, 1.807) is 40.7 Å². The van der Waals surface area contributed by atoms with Crippen molar-refractivity contribution in [3.8, 4) is 5.75 Å². The number of alkyl halides is 2. The van der Waals surface area contributed by atoms with Gasteiger partial charge in [-0.1, -0.05) is 12.1 Å². The number of amides is 3. The molecule has 0 aliphatic carbocycles. The highest BCUT2D eigenvalue weighted by Crippen LogP contribution is 2.25. The molecule has 0 unspecified atom stereocenters.